The lowest BCUT2D eigenvalue weighted by Crippen LogP contribution is -2.36. The van der Waals surface area contributed by atoms with Gasteiger partial charge in [-0.1, -0.05) is 47.7 Å². The van der Waals surface area contributed by atoms with Crippen LogP contribution in [-0.2, 0) is 4.74 Å². The van der Waals surface area contributed by atoms with Gasteiger partial charge in [-0.25, -0.2) is 15.0 Å². The number of hydrogen-bond donors (Lipinski definition) is 2. The summed E-state index contributed by atoms with van der Waals surface area (Å²) in [5, 5.41) is 6.39. The summed E-state index contributed by atoms with van der Waals surface area (Å²) in [5.74, 6) is 0.313. The summed E-state index contributed by atoms with van der Waals surface area (Å²) in [4.78, 5) is 30.4. The van der Waals surface area contributed by atoms with Crippen molar-refractivity contribution in [2.24, 2.45) is 0 Å². The van der Waals surface area contributed by atoms with Crippen LogP contribution in [0.3, 0.4) is 0 Å². The maximum atomic E-state index is 12.8. The third-order valence-corrected chi connectivity index (χ3v) is 8.57. The minimum atomic E-state index is -0.170. The van der Waals surface area contributed by atoms with Crippen LogP contribution in [0.25, 0.3) is 27.6 Å². The normalized spacial score (nSPS) is 13.3. The Hall–Kier alpha value is -4.58. The molecule has 43 heavy (non-hydrogen) atoms. The van der Waals surface area contributed by atoms with Crippen LogP contribution in [-0.4, -0.2) is 51.6 Å². The first-order valence-electron chi connectivity index (χ1n) is 13.8. The molecule has 11 heteroatoms. The van der Waals surface area contributed by atoms with Crippen molar-refractivity contribution in [1.82, 2.24) is 19.4 Å². The second-order valence-corrected chi connectivity index (χ2v) is 12.3. The summed E-state index contributed by atoms with van der Waals surface area (Å²) in [7, 11) is 0. The van der Waals surface area contributed by atoms with Crippen molar-refractivity contribution in [2.45, 2.75) is 0 Å². The number of anilines is 4. The predicted molar refractivity (Wildman–Crippen MR) is 174 cm³/mol. The van der Waals surface area contributed by atoms with E-state index in [0.717, 1.165) is 63.4 Å². The Morgan fingerprint density at radius 2 is 1.72 bits per heavy atom. The van der Waals surface area contributed by atoms with Gasteiger partial charge in [0.05, 0.1) is 28.4 Å². The van der Waals surface area contributed by atoms with Gasteiger partial charge in [0.15, 0.2) is 4.96 Å². The third-order valence-electron chi connectivity index (χ3n) is 7.10. The number of nitrogens with zero attached hydrogens (tertiary/aromatic N) is 5. The van der Waals surface area contributed by atoms with Gasteiger partial charge in [-0.2, -0.15) is 0 Å². The molecule has 0 bridgehead atoms. The van der Waals surface area contributed by atoms with Crippen molar-refractivity contribution in [3.63, 3.8) is 0 Å². The zero-order chi connectivity index (χ0) is 29.2. The molecule has 0 atom stereocenters. The van der Waals surface area contributed by atoms with E-state index in [2.05, 4.69) is 48.6 Å². The van der Waals surface area contributed by atoms with Crippen molar-refractivity contribution in [3.8, 4) is 22.6 Å². The summed E-state index contributed by atoms with van der Waals surface area (Å²) < 4.78 is 8.50. The molecule has 7 rings (SSSR count). The highest BCUT2D eigenvalue weighted by Gasteiger charge is 2.20. The molecule has 0 unspecified atom stereocenters. The van der Waals surface area contributed by atoms with E-state index < -0.39 is 0 Å². The standard InChI is InChI=1S/C32H26BrN7O2S/c33-27-20-40-29(26-12-13-34-31(37-26)36-24-10-5-11-25(19-24)39-14-16-42-17-15-39)28(38-32(40)43-27)22-8-4-9-23(18-22)35-30(41)21-6-2-1-3-7-21/h1-13,18-20H,14-17H2,(H,35,41)(H,34,36,37). The molecular formula is C32H26BrN7O2S. The number of benzene rings is 3. The average molecular weight is 653 g/mol. The lowest BCUT2D eigenvalue weighted by Gasteiger charge is -2.29. The summed E-state index contributed by atoms with van der Waals surface area (Å²) >= 11 is 5.14. The van der Waals surface area contributed by atoms with Gasteiger partial charge in [0.1, 0.15) is 5.69 Å². The number of ether oxygens (including phenoxy) is 1. The Kier molecular flexibility index (Phi) is 7.58. The van der Waals surface area contributed by atoms with E-state index in [-0.39, 0.29) is 5.91 Å². The molecule has 3 aromatic carbocycles. The van der Waals surface area contributed by atoms with Crippen LogP contribution in [0, 0.1) is 0 Å². The number of amides is 1. The predicted octanol–water partition coefficient (Wildman–Crippen LogP) is 7.11. The minimum Gasteiger partial charge on any atom is -0.378 e. The number of carbonyl (C=O) groups excluding carboxylic acids is 1. The molecule has 214 valence electrons. The minimum absolute atomic E-state index is 0.170. The molecule has 0 aliphatic carbocycles. The zero-order valence-corrected chi connectivity index (χ0v) is 25.3. The molecule has 2 N–H and O–H groups in total. The van der Waals surface area contributed by atoms with Gasteiger partial charge in [0.25, 0.3) is 5.91 Å². The van der Waals surface area contributed by atoms with E-state index >= 15 is 0 Å². The molecule has 9 nitrogen and oxygen atoms in total. The van der Waals surface area contributed by atoms with Crippen LogP contribution in [0.1, 0.15) is 10.4 Å². The highest BCUT2D eigenvalue weighted by Crippen LogP contribution is 2.37. The third kappa shape index (κ3) is 5.87. The second kappa shape index (κ2) is 12.0. The molecule has 3 aromatic heterocycles. The number of halogens is 1. The summed E-state index contributed by atoms with van der Waals surface area (Å²) in [6, 6.07) is 27.0. The molecule has 1 fully saturated rings. The number of nitrogens with one attached hydrogen (secondary N) is 2. The van der Waals surface area contributed by atoms with E-state index in [1.165, 1.54) is 11.3 Å². The molecule has 6 aromatic rings. The Morgan fingerprint density at radius 1 is 0.907 bits per heavy atom. The Labute approximate surface area is 260 Å². The molecule has 1 saturated heterocycles. The first-order valence-corrected chi connectivity index (χ1v) is 15.4. The van der Waals surface area contributed by atoms with Gasteiger partial charge >= 0.3 is 0 Å². The highest BCUT2D eigenvalue weighted by atomic mass is 79.9. The van der Waals surface area contributed by atoms with Crippen molar-refractivity contribution in [3.05, 3.63) is 107 Å². The van der Waals surface area contributed by atoms with Crippen molar-refractivity contribution < 1.29 is 9.53 Å². The number of hydrogen-bond acceptors (Lipinski definition) is 8. The van der Waals surface area contributed by atoms with E-state index in [9.17, 15) is 4.79 Å². The van der Waals surface area contributed by atoms with E-state index in [0.29, 0.717) is 22.9 Å². The van der Waals surface area contributed by atoms with Crippen molar-refractivity contribution in [2.75, 3.05) is 41.8 Å². The SMILES string of the molecule is O=C(Nc1cccc(-c2nc3sc(Br)cn3c2-c2ccnc(Nc3cccc(N4CCOCC4)c3)n2)c1)c1ccccc1. The second-order valence-electron chi connectivity index (χ2n) is 9.94. The van der Waals surface area contributed by atoms with Gasteiger partial charge in [-0.05, 0) is 64.5 Å². The van der Waals surface area contributed by atoms with Crippen LogP contribution in [0.5, 0.6) is 0 Å². The largest absolute Gasteiger partial charge is 0.378 e. The summed E-state index contributed by atoms with van der Waals surface area (Å²) in [6.45, 7) is 3.18. The molecule has 4 heterocycles. The number of thiazole rings is 1. The fraction of sp³-hybridized carbons (Fsp3) is 0.125. The number of carbonyl (C=O) groups is 1. The van der Waals surface area contributed by atoms with Crippen LogP contribution in [0.15, 0.2) is 101 Å². The zero-order valence-electron chi connectivity index (χ0n) is 22.9. The van der Waals surface area contributed by atoms with Crippen LogP contribution >= 0.6 is 27.3 Å². The molecule has 1 amide bonds. The van der Waals surface area contributed by atoms with Gasteiger partial charge in [0, 0.05) is 53.7 Å². The molecule has 0 radical (unpaired) electrons. The van der Waals surface area contributed by atoms with Gasteiger partial charge < -0.3 is 20.3 Å². The van der Waals surface area contributed by atoms with E-state index in [1.54, 1.807) is 18.3 Å². The number of rotatable bonds is 7. The van der Waals surface area contributed by atoms with Crippen LogP contribution in [0.4, 0.5) is 23.0 Å². The smallest absolute Gasteiger partial charge is 0.255 e. The summed E-state index contributed by atoms with van der Waals surface area (Å²) in [5.41, 5.74) is 6.47. The lowest BCUT2D eigenvalue weighted by molar-refractivity contribution is 0.102. The highest BCUT2D eigenvalue weighted by molar-refractivity contribution is 9.11. The summed E-state index contributed by atoms with van der Waals surface area (Å²) in [6.07, 6.45) is 3.74. The van der Waals surface area contributed by atoms with Crippen molar-refractivity contribution in [1.29, 1.82) is 0 Å². The Bertz CT molecular complexity index is 1920. The quantitative estimate of drug-likeness (QED) is 0.190. The molecule has 0 spiro atoms. The topological polar surface area (TPSA) is 96.7 Å². The first kappa shape index (κ1) is 27.3. The Morgan fingerprint density at radius 3 is 2.58 bits per heavy atom. The number of morpholine rings is 1. The Balaban J connectivity index is 1.21. The number of imidazole rings is 1. The van der Waals surface area contributed by atoms with Gasteiger partial charge in [0.2, 0.25) is 5.95 Å². The lowest BCUT2D eigenvalue weighted by atomic mass is 10.1. The van der Waals surface area contributed by atoms with Gasteiger partial charge in [-0.15, -0.1) is 0 Å². The molecule has 1 aliphatic heterocycles. The fourth-order valence-electron chi connectivity index (χ4n) is 5.08. The van der Waals surface area contributed by atoms with Crippen molar-refractivity contribution >= 4 is 61.1 Å². The van der Waals surface area contributed by atoms with E-state index in [4.69, 9.17) is 14.7 Å². The molecule has 1 aliphatic rings. The van der Waals surface area contributed by atoms with Crippen LogP contribution in [0.2, 0.25) is 0 Å². The van der Waals surface area contributed by atoms with E-state index in [1.807, 2.05) is 71.3 Å². The monoisotopic (exact) mass is 651 g/mol. The molecule has 0 saturated carbocycles. The first-order chi connectivity index (χ1) is 21.1. The van der Waals surface area contributed by atoms with Gasteiger partial charge in [-0.3, -0.25) is 9.20 Å². The maximum Gasteiger partial charge on any atom is 0.255 e. The molecular weight excluding hydrogens is 626 g/mol. The number of aromatic nitrogens is 4. The number of fused-ring (bicyclic) bond motifs is 1. The average Bonchev–Trinajstić information content (AvgIpc) is 3.58. The fourth-order valence-corrected chi connectivity index (χ4v) is 6.43. The van der Waals surface area contributed by atoms with Crippen LogP contribution < -0.4 is 15.5 Å². The maximum absolute atomic E-state index is 12.8.